The molecule has 152 valence electrons. The van der Waals surface area contributed by atoms with E-state index in [0.29, 0.717) is 17.4 Å². The molecule has 2 N–H and O–H groups in total. The number of anilines is 1. The Morgan fingerprint density at radius 1 is 1.17 bits per heavy atom. The number of methoxy groups -OCH3 is 1. The van der Waals surface area contributed by atoms with Crippen molar-refractivity contribution in [2.45, 2.75) is 24.2 Å². The number of carbonyl (C=O) groups is 1. The Hall–Kier alpha value is -3.13. The van der Waals surface area contributed by atoms with E-state index >= 15 is 0 Å². The molecule has 2 aromatic carbocycles. The molecule has 0 aromatic heterocycles. The number of hydrogen-bond donors (Lipinski definition) is 2. The first kappa shape index (κ1) is 20.6. The highest BCUT2D eigenvalue weighted by atomic mass is 32.2. The van der Waals surface area contributed by atoms with Gasteiger partial charge >= 0.3 is 0 Å². The third kappa shape index (κ3) is 5.68. The fourth-order valence-corrected chi connectivity index (χ4v) is 4.00. The summed E-state index contributed by atoms with van der Waals surface area (Å²) in [6.45, 7) is 0. The number of rotatable bonds is 7. The topological polar surface area (TPSA) is 96.9 Å². The largest absolute Gasteiger partial charge is 0.497 e. The monoisotopic (exact) mass is 413 g/mol. The van der Waals surface area contributed by atoms with Gasteiger partial charge in [0.05, 0.1) is 12.0 Å². The van der Waals surface area contributed by atoms with Gasteiger partial charge < -0.3 is 4.74 Å². The van der Waals surface area contributed by atoms with Crippen LogP contribution in [-0.2, 0) is 10.0 Å². The molecule has 0 aliphatic heterocycles. The number of nitrogens with one attached hydrogen (secondary N) is 2. The maximum absolute atomic E-state index is 12.6. The summed E-state index contributed by atoms with van der Waals surface area (Å²) in [5.74, 6) is 0.464. The summed E-state index contributed by atoms with van der Waals surface area (Å²) < 4.78 is 32.8. The van der Waals surface area contributed by atoms with E-state index in [1.54, 1.807) is 36.5 Å². The molecule has 0 unspecified atom stereocenters. The lowest BCUT2D eigenvalue weighted by atomic mass is 9.96. The molecule has 1 aliphatic carbocycles. The van der Waals surface area contributed by atoms with E-state index in [2.05, 4.69) is 27.4 Å². The Morgan fingerprint density at radius 2 is 1.97 bits per heavy atom. The third-order valence-electron chi connectivity index (χ3n) is 4.51. The number of benzene rings is 2. The van der Waals surface area contributed by atoms with Gasteiger partial charge in [-0.05, 0) is 67.6 Å². The Bertz CT molecular complexity index is 1010. The first-order chi connectivity index (χ1) is 14.0. The highest BCUT2D eigenvalue weighted by Crippen LogP contribution is 2.20. The molecule has 1 aliphatic rings. The zero-order valence-corrected chi connectivity index (χ0v) is 16.9. The Kier molecular flexibility index (Phi) is 6.66. The summed E-state index contributed by atoms with van der Waals surface area (Å²) in [4.78, 5) is 12.3. The second-order valence-corrected chi connectivity index (χ2v) is 8.31. The molecule has 0 spiro atoms. The number of hydrazone groups is 1. The van der Waals surface area contributed by atoms with Crippen molar-refractivity contribution in [3.8, 4) is 5.75 Å². The molecule has 8 heteroatoms. The van der Waals surface area contributed by atoms with E-state index < -0.39 is 15.9 Å². The normalized spacial score (nSPS) is 16.5. The predicted molar refractivity (Wildman–Crippen MR) is 113 cm³/mol. The first-order valence-electron chi connectivity index (χ1n) is 9.23. The van der Waals surface area contributed by atoms with Crippen LogP contribution in [0.15, 0.2) is 70.7 Å². The highest BCUT2D eigenvalue weighted by Gasteiger charge is 2.17. The van der Waals surface area contributed by atoms with Gasteiger partial charge in [-0.2, -0.15) is 5.10 Å². The van der Waals surface area contributed by atoms with Gasteiger partial charge in [0.25, 0.3) is 15.9 Å². The van der Waals surface area contributed by atoms with Gasteiger partial charge in [0.2, 0.25) is 0 Å². The fourth-order valence-electron chi connectivity index (χ4n) is 2.90. The second kappa shape index (κ2) is 9.38. The number of hydrogen-bond acceptors (Lipinski definition) is 5. The van der Waals surface area contributed by atoms with E-state index in [1.807, 2.05) is 0 Å². The van der Waals surface area contributed by atoms with Gasteiger partial charge in [-0.1, -0.05) is 18.2 Å². The SMILES string of the molecule is COc1ccc(NS(=O)(=O)c2cccc(C(=O)N/N=C\[C@@H]3CC=CCC3)c2)cc1. The summed E-state index contributed by atoms with van der Waals surface area (Å²) in [5.41, 5.74) is 3.07. The number of nitrogens with zero attached hydrogens (tertiary/aromatic N) is 1. The number of allylic oxidation sites excluding steroid dienone is 2. The van der Waals surface area contributed by atoms with Crippen LogP contribution >= 0.6 is 0 Å². The highest BCUT2D eigenvalue weighted by molar-refractivity contribution is 7.92. The Balaban J connectivity index is 1.67. The standard InChI is InChI=1S/C21H23N3O4S/c1-28-19-12-10-18(11-13-19)24-29(26,27)20-9-5-8-17(14-20)21(25)23-22-15-16-6-3-2-4-7-16/h2-3,5,8-16,24H,4,6-7H2,1H3,(H,23,25)/b22-15-/t16-/m1/s1. The average molecular weight is 413 g/mol. The lowest BCUT2D eigenvalue weighted by molar-refractivity contribution is 0.0954. The van der Waals surface area contributed by atoms with Crippen LogP contribution in [0, 0.1) is 5.92 Å². The van der Waals surface area contributed by atoms with Crippen LogP contribution < -0.4 is 14.9 Å². The summed E-state index contributed by atoms with van der Waals surface area (Å²) in [5, 5.41) is 4.01. The van der Waals surface area contributed by atoms with Crippen LogP contribution in [0.1, 0.15) is 29.6 Å². The zero-order valence-electron chi connectivity index (χ0n) is 16.0. The molecule has 29 heavy (non-hydrogen) atoms. The van der Waals surface area contributed by atoms with Gasteiger partial charge in [0.1, 0.15) is 5.75 Å². The average Bonchev–Trinajstić information content (AvgIpc) is 2.75. The van der Waals surface area contributed by atoms with Crippen molar-refractivity contribution >= 4 is 27.8 Å². The number of amides is 1. The van der Waals surface area contributed by atoms with Crippen LogP contribution in [0.25, 0.3) is 0 Å². The Labute approximate surface area is 170 Å². The van der Waals surface area contributed by atoms with Crippen LogP contribution in [0.2, 0.25) is 0 Å². The van der Waals surface area contributed by atoms with E-state index in [0.717, 1.165) is 19.3 Å². The molecule has 0 fully saturated rings. The van der Waals surface area contributed by atoms with Gasteiger partial charge in [-0.15, -0.1) is 0 Å². The van der Waals surface area contributed by atoms with Crippen molar-refractivity contribution in [2.75, 3.05) is 11.8 Å². The maximum atomic E-state index is 12.6. The molecule has 3 rings (SSSR count). The lowest BCUT2D eigenvalue weighted by Crippen LogP contribution is -2.20. The lowest BCUT2D eigenvalue weighted by Gasteiger charge is -2.12. The van der Waals surface area contributed by atoms with Crippen molar-refractivity contribution in [3.63, 3.8) is 0 Å². The summed E-state index contributed by atoms with van der Waals surface area (Å²) in [6, 6.07) is 12.3. The molecule has 0 heterocycles. The third-order valence-corrected chi connectivity index (χ3v) is 5.89. The minimum Gasteiger partial charge on any atom is -0.497 e. The fraction of sp³-hybridized carbons (Fsp3) is 0.238. The van der Waals surface area contributed by atoms with Crippen molar-refractivity contribution in [3.05, 3.63) is 66.2 Å². The molecule has 1 amide bonds. The van der Waals surface area contributed by atoms with E-state index in [-0.39, 0.29) is 10.5 Å². The minimum atomic E-state index is -3.84. The van der Waals surface area contributed by atoms with Crippen LogP contribution in [0.5, 0.6) is 5.75 Å². The van der Waals surface area contributed by atoms with Crippen molar-refractivity contribution in [1.29, 1.82) is 0 Å². The molecule has 0 saturated carbocycles. The molecular formula is C21H23N3O4S. The van der Waals surface area contributed by atoms with Gasteiger partial charge in [0, 0.05) is 17.5 Å². The number of carbonyl (C=O) groups excluding carboxylic acids is 1. The van der Waals surface area contributed by atoms with Crippen LogP contribution in [0.4, 0.5) is 5.69 Å². The molecule has 0 bridgehead atoms. The van der Waals surface area contributed by atoms with E-state index in [9.17, 15) is 13.2 Å². The number of ether oxygens (including phenoxy) is 1. The van der Waals surface area contributed by atoms with E-state index in [1.165, 1.54) is 25.3 Å². The van der Waals surface area contributed by atoms with Crippen molar-refractivity contribution in [2.24, 2.45) is 11.0 Å². The maximum Gasteiger partial charge on any atom is 0.271 e. The van der Waals surface area contributed by atoms with Gasteiger partial charge in [-0.25, -0.2) is 13.8 Å². The molecule has 1 atom stereocenters. The van der Waals surface area contributed by atoms with Crippen LogP contribution in [0.3, 0.4) is 0 Å². The number of sulfonamides is 1. The van der Waals surface area contributed by atoms with Crippen molar-refractivity contribution < 1.29 is 17.9 Å². The second-order valence-electron chi connectivity index (χ2n) is 6.63. The summed E-state index contributed by atoms with van der Waals surface area (Å²) in [6.07, 6.45) is 8.88. The molecular weight excluding hydrogens is 390 g/mol. The molecule has 0 radical (unpaired) electrons. The quantitative estimate of drug-likeness (QED) is 0.412. The summed E-state index contributed by atoms with van der Waals surface area (Å²) >= 11 is 0. The van der Waals surface area contributed by atoms with E-state index in [4.69, 9.17) is 4.74 Å². The molecule has 7 nitrogen and oxygen atoms in total. The smallest absolute Gasteiger partial charge is 0.271 e. The minimum absolute atomic E-state index is 0.0117. The zero-order chi connectivity index (χ0) is 20.7. The molecule has 2 aromatic rings. The van der Waals surface area contributed by atoms with Gasteiger partial charge in [-0.3, -0.25) is 9.52 Å². The molecule has 0 saturated heterocycles. The van der Waals surface area contributed by atoms with Crippen LogP contribution in [-0.4, -0.2) is 27.6 Å². The van der Waals surface area contributed by atoms with Gasteiger partial charge in [0.15, 0.2) is 0 Å². The first-order valence-corrected chi connectivity index (χ1v) is 10.7. The summed E-state index contributed by atoms with van der Waals surface area (Å²) in [7, 11) is -2.31. The van der Waals surface area contributed by atoms with Crippen molar-refractivity contribution in [1.82, 2.24) is 5.43 Å². The predicted octanol–water partition coefficient (Wildman–Crippen LogP) is 3.57. The Morgan fingerprint density at radius 3 is 2.66 bits per heavy atom.